The number of benzene rings is 1. The van der Waals surface area contributed by atoms with Crippen molar-refractivity contribution in [2.24, 2.45) is 5.92 Å². The summed E-state index contributed by atoms with van der Waals surface area (Å²) in [5.41, 5.74) is 0.971. The first-order valence-electron chi connectivity index (χ1n) is 7.75. The third kappa shape index (κ3) is 5.56. The molecule has 0 aliphatic heterocycles. The van der Waals surface area contributed by atoms with Crippen LogP contribution in [0.3, 0.4) is 0 Å². The van der Waals surface area contributed by atoms with Gasteiger partial charge in [0.05, 0.1) is 13.7 Å². The molecule has 0 aliphatic carbocycles. The molecule has 0 heterocycles. The minimum atomic E-state index is -0.831. The van der Waals surface area contributed by atoms with Gasteiger partial charge in [0.2, 0.25) is 0 Å². The molecule has 0 bridgehead atoms. The van der Waals surface area contributed by atoms with E-state index >= 15 is 0 Å². The molecule has 1 rings (SSSR count). The fraction of sp³-hybridized carbons (Fsp3) is 0.588. The average molecular weight is 309 g/mol. The standard InChI is InChI=1S/C17H27NO4/c1-5-6-9-22-15-10-13(7-8-14(15)21-4)11-18-16(12(2)3)17(19)20/h7-8,10,12,16,18H,5-6,9,11H2,1-4H3,(H,19,20)/t16-/m0/s1. The molecule has 124 valence electrons. The van der Waals surface area contributed by atoms with E-state index in [4.69, 9.17) is 9.47 Å². The molecule has 0 spiro atoms. The summed E-state index contributed by atoms with van der Waals surface area (Å²) in [7, 11) is 1.61. The largest absolute Gasteiger partial charge is 0.493 e. The van der Waals surface area contributed by atoms with E-state index in [0.717, 1.165) is 18.4 Å². The van der Waals surface area contributed by atoms with Gasteiger partial charge in [-0.3, -0.25) is 4.79 Å². The Kier molecular flexibility index (Phi) is 7.74. The Balaban J connectivity index is 2.74. The number of nitrogens with one attached hydrogen (secondary N) is 1. The topological polar surface area (TPSA) is 67.8 Å². The van der Waals surface area contributed by atoms with Gasteiger partial charge in [-0.2, -0.15) is 0 Å². The molecule has 0 radical (unpaired) electrons. The van der Waals surface area contributed by atoms with Crippen molar-refractivity contribution < 1.29 is 19.4 Å². The fourth-order valence-electron chi connectivity index (χ4n) is 2.11. The molecule has 0 aromatic heterocycles. The summed E-state index contributed by atoms with van der Waals surface area (Å²) in [5, 5.41) is 12.3. The summed E-state index contributed by atoms with van der Waals surface area (Å²) in [4.78, 5) is 11.2. The van der Waals surface area contributed by atoms with Crippen LogP contribution in [-0.2, 0) is 11.3 Å². The summed E-state index contributed by atoms with van der Waals surface area (Å²) >= 11 is 0. The second-order valence-corrected chi connectivity index (χ2v) is 5.63. The van der Waals surface area contributed by atoms with Crippen LogP contribution in [0.15, 0.2) is 18.2 Å². The number of methoxy groups -OCH3 is 1. The number of carbonyl (C=O) groups is 1. The van der Waals surface area contributed by atoms with Crippen LogP contribution in [0.25, 0.3) is 0 Å². The predicted molar refractivity (Wildman–Crippen MR) is 86.5 cm³/mol. The first-order valence-corrected chi connectivity index (χ1v) is 7.75. The number of ether oxygens (including phenoxy) is 2. The van der Waals surface area contributed by atoms with Gasteiger partial charge in [-0.15, -0.1) is 0 Å². The monoisotopic (exact) mass is 309 g/mol. The van der Waals surface area contributed by atoms with Crippen LogP contribution in [0.5, 0.6) is 11.5 Å². The molecule has 2 N–H and O–H groups in total. The number of aliphatic carboxylic acids is 1. The van der Waals surface area contributed by atoms with Gasteiger partial charge in [-0.25, -0.2) is 0 Å². The molecule has 1 aromatic rings. The summed E-state index contributed by atoms with van der Waals surface area (Å²) in [6.07, 6.45) is 2.05. The first-order chi connectivity index (χ1) is 10.5. The zero-order valence-corrected chi connectivity index (χ0v) is 13.9. The number of hydrogen-bond acceptors (Lipinski definition) is 4. The Labute approximate surface area is 132 Å². The Bertz CT molecular complexity index is 474. The quantitative estimate of drug-likeness (QED) is 0.650. The molecule has 0 fully saturated rings. The van der Waals surface area contributed by atoms with Gasteiger partial charge in [-0.05, 0) is 30.0 Å². The predicted octanol–water partition coefficient (Wildman–Crippen LogP) is 3.07. The average Bonchev–Trinajstić information content (AvgIpc) is 2.47. The Morgan fingerprint density at radius 2 is 2.05 bits per heavy atom. The lowest BCUT2D eigenvalue weighted by Gasteiger charge is -2.18. The lowest BCUT2D eigenvalue weighted by Crippen LogP contribution is -2.40. The van der Waals surface area contributed by atoms with Crippen molar-refractivity contribution in [1.82, 2.24) is 5.32 Å². The van der Waals surface area contributed by atoms with Crippen molar-refractivity contribution in [3.05, 3.63) is 23.8 Å². The highest BCUT2D eigenvalue weighted by Gasteiger charge is 2.20. The van der Waals surface area contributed by atoms with Gasteiger partial charge in [0.1, 0.15) is 6.04 Å². The highest BCUT2D eigenvalue weighted by atomic mass is 16.5. The highest BCUT2D eigenvalue weighted by Crippen LogP contribution is 2.28. The third-order valence-electron chi connectivity index (χ3n) is 3.44. The van der Waals surface area contributed by atoms with Crippen LogP contribution in [0.4, 0.5) is 0 Å². The van der Waals surface area contributed by atoms with E-state index in [0.29, 0.717) is 24.7 Å². The van der Waals surface area contributed by atoms with Gasteiger partial charge >= 0.3 is 5.97 Å². The normalized spacial score (nSPS) is 12.2. The lowest BCUT2D eigenvalue weighted by atomic mass is 10.0. The molecular weight excluding hydrogens is 282 g/mol. The molecule has 0 saturated heterocycles. The SMILES string of the molecule is CCCCOc1cc(CN[C@H](C(=O)O)C(C)C)ccc1OC. The minimum Gasteiger partial charge on any atom is -0.493 e. The number of carboxylic acids is 1. The van der Waals surface area contributed by atoms with Crippen molar-refractivity contribution in [3.8, 4) is 11.5 Å². The van der Waals surface area contributed by atoms with Gasteiger partial charge in [0.15, 0.2) is 11.5 Å². The van der Waals surface area contributed by atoms with E-state index < -0.39 is 12.0 Å². The van der Waals surface area contributed by atoms with E-state index in [1.165, 1.54) is 0 Å². The van der Waals surface area contributed by atoms with Gasteiger partial charge in [-0.1, -0.05) is 33.3 Å². The summed E-state index contributed by atoms with van der Waals surface area (Å²) in [5.74, 6) is 0.587. The summed E-state index contributed by atoms with van der Waals surface area (Å²) in [6.45, 7) is 7.01. The number of unbranched alkanes of at least 4 members (excludes halogenated alkanes) is 1. The summed E-state index contributed by atoms with van der Waals surface area (Å²) in [6, 6.07) is 5.11. The van der Waals surface area contributed by atoms with Crippen LogP contribution in [0, 0.1) is 5.92 Å². The molecule has 22 heavy (non-hydrogen) atoms. The van der Waals surface area contributed by atoms with Crippen LogP contribution >= 0.6 is 0 Å². The molecular formula is C17H27NO4. The van der Waals surface area contributed by atoms with Crippen LogP contribution < -0.4 is 14.8 Å². The second kappa shape index (κ2) is 9.30. The Morgan fingerprint density at radius 3 is 2.59 bits per heavy atom. The van der Waals surface area contributed by atoms with E-state index in [1.54, 1.807) is 7.11 Å². The maximum atomic E-state index is 11.2. The zero-order valence-electron chi connectivity index (χ0n) is 13.9. The van der Waals surface area contributed by atoms with Crippen molar-refractivity contribution >= 4 is 5.97 Å². The maximum absolute atomic E-state index is 11.2. The molecule has 1 aromatic carbocycles. The zero-order chi connectivity index (χ0) is 16.5. The van der Waals surface area contributed by atoms with Gasteiger partial charge in [0, 0.05) is 6.54 Å². The molecule has 5 heteroatoms. The molecule has 1 atom stereocenters. The fourth-order valence-corrected chi connectivity index (χ4v) is 2.11. The molecule has 0 unspecified atom stereocenters. The smallest absolute Gasteiger partial charge is 0.320 e. The van der Waals surface area contributed by atoms with Crippen molar-refractivity contribution in [3.63, 3.8) is 0 Å². The van der Waals surface area contributed by atoms with E-state index in [9.17, 15) is 9.90 Å². The maximum Gasteiger partial charge on any atom is 0.320 e. The summed E-state index contributed by atoms with van der Waals surface area (Å²) < 4.78 is 11.0. The highest BCUT2D eigenvalue weighted by molar-refractivity contribution is 5.73. The second-order valence-electron chi connectivity index (χ2n) is 5.63. The van der Waals surface area contributed by atoms with Crippen molar-refractivity contribution in [1.29, 1.82) is 0 Å². The van der Waals surface area contributed by atoms with Gasteiger partial charge in [0.25, 0.3) is 0 Å². The van der Waals surface area contributed by atoms with Gasteiger partial charge < -0.3 is 19.9 Å². The molecule has 0 amide bonds. The number of rotatable bonds is 10. The Morgan fingerprint density at radius 1 is 1.32 bits per heavy atom. The van der Waals surface area contributed by atoms with Crippen LogP contribution in [0.2, 0.25) is 0 Å². The molecule has 0 saturated carbocycles. The minimum absolute atomic E-state index is 0.0241. The van der Waals surface area contributed by atoms with Crippen LogP contribution in [-0.4, -0.2) is 30.8 Å². The van der Waals surface area contributed by atoms with Crippen molar-refractivity contribution in [2.45, 2.75) is 46.2 Å². The van der Waals surface area contributed by atoms with E-state index in [2.05, 4.69) is 12.2 Å². The van der Waals surface area contributed by atoms with Crippen molar-refractivity contribution in [2.75, 3.05) is 13.7 Å². The van der Waals surface area contributed by atoms with E-state index in [-0.39, 0.29) is 5.92 Å². The molecule has 0 aliphatic rings. The number of carboxylic acid groups (broad SMARTS) is 1. The van der Waals surface area contributed by atoms with Crippen LogP contribution in [0.1, 0.15) is 39.2 Å². The number of hydrogen-bond donors (Lipinski definition) is 2. The van der Waals surface area contributed by atoms with E-state index in [1.807, 2.05) is 32.0 Å². The first kappa shape index (κ1) is 18.3. The molecule has 5 nitrogen and oxygen atoms in total. The Hall–Kier alpha value is -1.75. The third-order valence-corrected chi connectivity index (χ3v) is 3.44. The lowest BCUT2D eigenvalue weighted by molar-refractivity contribution is -0.140.